The third-order valence-corrected chi connectivity index (χ3v) is 3.73. The molecule has 0 unspecified atom stereocenters. The van der Waals surface area contributed by atoms with Gasteiger partial charge in [0.15, 0.2) is 0 Å². The molecule has 2 rings (SSSR count). The van der Waals surface area contributed by atoms with E-state index in [1.807, 2.05) is 19.1 Å². The van der Waals surface area contributed by atoms with Crippen molar-refractivity contribution in [3.8, 4) is 0 Å². The largest absolute Gasteiger partial charge is 0.235 e. The summed E-state index contributed by atoms with van der Waals surface area (Å²) in [5.74, 6) is 0. The van der Waals surface area contributed by atoms with Crippen molar-refractivity contribution in [3.63, 3.8) is 0 Å². The number of halogens is 1. The number of nitrogens with zero attached hydrogens (tertiary/aromatic N) is 2. The summed E-state index contributed by atoms with van der Waals surface area (Å²) in [6.07, 6.45) is 0. The lowest BCUT2D eigenvalue weighted by atomic mass is 10.3. The van der Waals surface area contributed by atoms with E-state index < -0.39 is 0 Å². The second-order valence-corrected chi connectivity index (χ2v) is 4.96. The SMILES string of the molecule is C/C(=N\S)c1nc2ccc(Br)cc2s1. The van der Waals surface area contributed by atoms with Crippen molar-refractivity contribution >= 4 is 56.0 Å². The number of thiazole rings is 1. The average molecular weight is 287 g/mol. The van der Waals surface area contributed by atoms with Crippen LogP contribution in [-0.4, -0.2) is 10.7 Å². The van der Waals surface area contributed by atoms with E-state index in [0.29, 0.717) is 0 Å². The number of benzene rings is 1. The van der Waals surface area contributed by atoms with Crippen LogP contribution in [-0.2, 0) is 0 Å². The molecule has 0 aliphatic carbocycles. The lowest BCUT2D eigenvalue weighted by Gasteiger charge is -1.87. The van der Waals surface area contributed by atoms with E-state index in [1.54, 1.807) is 11.3 Å². The Morgan fingerprint density at radius 1 is 1.57 bits per heavy atom. The maximum atomic E-state index is 4.44. The standard InChI is InChI=1S/C9H7BrN2S2/c1-5(12-13)9-11-7-3-2-6(10)4-8(7)14-9/h2-4,13H,1H3/b12-5+. The molecule has 0 amide bonds. The highest BCUT2D eigenvalue weighted by Crippen LogP contribution is 2.25. The van der Waals surface area contributed by atoms with E-state index in [1.165, 1.54) is 0 Å². The normalized spacial score (nSPS) is 12.4. The molecule has 0 N–H and O–H groups in total. The maximum absolute atomic E-state index is 4.44. The fourth-order valence-corrected chi connectivity index (χ4v) is 2.72. The minimum atomic E-state index is 0.852. The summed E-state index contributed by atoms with van der Waals surface area (Å²) in [6, 6.07) is 6.03. The van der Waals surface area contributed by atoms with Gasteiger partial charge in [0.2, 0.25) is 0 Å². The monoisotopic (exact) mass is 286 g/mol. The molecule has 2 aromatic rings. The summed E-state index contributed by atoms with van der Waals surface area (Å²) in [5, 5.41) is 0.924. The van der Waals surface area contributed by atoms with Gasteiger partial charge < -0.3 is 0 Å². The van der Waals surface area contributed by atoms with Crippen LogP contribution >= 0.6 is 40.1 Å². The number of aromatic nitrogens is 1. The van der Waals surface area contributed by atoms with Crippen LogP contribution in [0.5, 0.6) is 0 Å². The summed E-state index contributed by atoms with van der Waals surface area (Å²) in [7, 11) is 0. The molecule has 0 spiro atoms. The lowest BCUT2D eigenvalue weighted by Crippen LogP contribution is -1.89. The quantitative estimate of drug-likeness (QED) is 0.627. The molecule has 0 fully saturated rings. The summed E-state index contributed by atoms with van der Waals surface area (Å²) in [4.78, 5) is 4.44. The second-order valence-electron chi connectivity index (χ2n) is 2.82. The first-order valence-corrected chi connectivity index (χ1v) is 5.97. The van der Waals surface area contributed by atoms with Gasteiger partial charge in [-0.3, -0.25) is 0 Å². The highest BCUT2D eigenvalue weighted by Gasteiger charge is 2.05. The van der Waals surface area contributed by atoms with Gasteiger partial charge in [-0.2, -0.15) is 0 Å². The van der Waals surface area contributed by atoms with Gasteiger partial charge in [-0.25, -0.2) is 9.38 Å². The highest BCUT2D eigenvalue weighted by molar-refractivity contribution is 9.10. The van der Waals surface area contributed by atoms with Gasteiger partial charge in [-0.05, 0) is 37.9 Å². The van der Waals surface area contributed by atoms with Crippen molar-refractivity contribution in [2.75, 3.05) is 0 Å². The summed E-state index contributed by atoms with van der Waals surface area (Å²) in [5.41, 5.74) is 1.86. The van der Waals surface area contributed by atoms with Gasteiger partial charge in [0, 0.05) is 4.47 Å². The topological polar surface area (TPSA) is 25.2 Å². The van der Waals surface area contributed by atoms with Crippen molar-refractivity contribution < 1.29 is 0 Å². The number of rotatable bonds is 1. The Balaban J connectivity index is 2.62. The number of fused-ring (bicyclic) bond motifs is 1. The fourth-order valence-electron chi connectivity index (χ4n) is 1.10. The van der Waals surface area contributed by atoms with Gasteiger partial charge in [0.25, 0.3) is 0 Å². The van der Waals surface area contributed by atoms with Crippen molar-refractivity contribution in [3.05, 3.63) is 27.7 Å². The summed E-state index contributed by atoms with van der Waals surface area (Å²) in [6.45, 7) is 1.90. The molecule has 1 aromatic carbocycles. The van der Waals surface area contributed by atoms with Crippen LogP contribution in [0.15, 0.2) is 27.1 Å². The first kappa shape index (κ1) is 10.1. The van der Waals surface area contributed by atoms with E-state index in [4.69, 9.17) is 0 Å². The predicted molar refractivity (Wildman–Crippen MR) is 68.5 cm³/mol. The van der Waals surface area contributed by atoms with Crippen molar-refractivity contribution in [1.82, 2.24) is 4.98 Å². The van der Waals surface area contributed by atoms with Crippen LogP contribution in [0.4, 0.5) is 0 Å². The third-order valence-electron chi connectivity index (χ3n) is 1.81. The van der Waals surface area contributed by atoms with Crippen LogP contribution in [0.25, 0.3) is 10.2 Å². The Labute approximate surface area is 99.8 Å². The third kappa shape index (κ3) is 1.85. The average Bonchev–Trinajstić information content (AvgIpc) is 2.59. The molecule has 0 saturated carbocycles. The van der Waals surface area contributed by atoms with Gasteiger partial charge in [0.1, 0.15) is 5.01 Å². The van der Waals surface area contributed by atoms with E-state index in [9.17, 15) is 0 Å². The van der Waals surface area contributed by atoms with Gasteiger partial charge >= 0.3 is 0 Å². The van der Waals surface area contributed by atoms with Crippen molar-refractivity contribution in [1.29, 1.82) is 0 Å². The summed E-state index contributed by atoms with van der Waals surface area (Å²) < 4.78 is 6.05. The molecular formula is C9H7BrN2S2. The van der Waals surface area contributed by atoms with Crippen LogP contribution in [0.2, 0.25) is 0 Å². The Morgan fingerprint density at radius 2 is 2.36 bits per heavy atom. The van der Waals surface area contributed by atoms with Gasteiger partial charge in [-0.1, -0.05) is 15.9 Å². The molecule has 0 bridgehead atoms. The molecule has 0 aliphatic rings. The second kappa shape index (κ2) is 4.00. The zero-order chi connectivity index (χ0) is 10.1. The molecule has 1 aromatic heterocycles. The molecule has 0 aliphatic heterocycles. The van der Waals surface area contributed by atoms with Gasteiger partial charge in [-0.15, -0.1) is 11.3 Å². The van der Waals surface area contributed by atoms with E-state index >= 15 is 0 Å². The fraction of sp³-hybridized carbons (Fsp3) is 0.111. The number of hydrogen-bond donors (Lipinski definition) is 1. The lowest BCUT2D eigenvalue weighted by molar-refractivity contribution is 1.44. The van der Waals surface area contributed by atoms with Gasteiger partial charge in [0.05, 0.1) is 15.9 Å². The summed E-state index contributed by atoms with van der Waals surface area (Å²) >= 11 is 8.93. The first-order valence-electron chi connectivity index (χ1n) is 3.96. The Kier molecular flexibility index (Phi) is 2.90. The smallest absolute Gasteiger partial charge is 0.139 e. The van der Waals surface area contributed by atoms with Crippen LogP contribution in [0.3, 0.4) is 0 Å². The highest BCUT2D eigenvalue weighted by atomic mass is 79.9. The first-order chi connectivity index (χ1) is 6.70. The molecule has 5 heteroatoms. The van der Waals surface area contributed by atoms with E-state index in [-0.39, 0.29) is 0 Å². The molecule has 72 valence electrons. The molecule has 1 heterocycles. The zero-order valence-corrected chi connectivity index (χ0v) is 10.7. The molecule has 2 nitrogen and oxygen atoms in total. The Hall–Kier alpha value is -0.390. The van der Waals surface area contributed by atoms with Crippen LogP contribution in [0.1, 0.15) is 11.9 Å². The molecular weight excluding hydrogens is 280 g/mol. The van der Waals surface area contributed by atoms with Crippen molar-refractivity contribution in [2.45, 2.75) is 6.92 Å². The number of thiol groups is 1. The molecule has 14 heavy (non-hydrogen) atoms. The molecule has 0 atom stereocenters. The van der Waals surface area contributed by atoms with E-state index in [0.717, 1.165) is 25.4 Å². The maximum Gasteiger partial charge on any atom is 0.139 e. The van der Waals surface area contributed by atoms with E-state index in [2.05, 4.69) is 44.2 Å². The minimum Gasteiger partial charge on any atom is -0.235 e. The Bertz CT molecular complexity index is 504. The molecule has 0 saturated heterocycles. The number of hydrogen-bond acceptors (Lipinski definition) is 4. The minimum absolute atomic E-state index is 0.852. The van der Waals surface area contributed by atoms with Crippen molar-refractivity contribution in [2.24, 2.45) is 4.40 Å². The zero-order valence-electron chi connectivity index (χ0n) is 7.36. The molecule has 0 radical (unpaired) electrons. The predicted octanol–water partition coefficient (Wildman–Crippen LogP) is 3.71. The van der Waals surface area contributed by atoms with Crippen LogP contribution in [0, 0.1) is 0 Å². The Morgan fingerprint density at radius 3 is 3.07 bits per heavy atom. The van der Waals surface area contributed by atoms with Crippen LogP contribution < -0.4 is 0 Å².